The molecule has 0 aliphatic rings. The molecule has 90 valence electrons. The van der Waals surface area contributed by atoms with Crippen molar-refractivity contribution in [3.05, 3.63) is 22.0 Å². The van der Waals surface area contributed by atoms with Crippen LogP contribution in [0.2, 0.25) is 5.15 Å². The van der Waals surface area contributed by atoms with Crippen molar-refractivity contribution in [1.82, 2.24) is 10.2 Å². The van der Waals surface area contributed by atoms with Crippen molar-refractivity contribution < 1.29 is 18.3 Å². The molecule has 1 aromatic rings. The lowest BCUT2D eigenvalue weighted by molar-refractivity contribution is -0.203. The molecule has 0 spiro atoms. The van der Waals surface area contributed by atoms with Crippen LogP contribution in [0, 0.1) is 13.8 Å². The van der Waals surface area contributed by atoms with Gasteiger partial charge in [0.25, 0.3) is 0 Å². The van der Waals surface area contributed by atoms with Gasteiger partial charge in [0, 0.05) is 6.42 Å². The van der Waals surface area contributed by atoms with Crippen molar-refractivity contribution in [2.45, 2.75) is 32.5 Å². The zero-order valence-electron chi connectivity index (χ0n) is 8.64. The van der Waals surface area contributed by atoms with Gasteiger partial charge in [-0.2, -0.15) is 18.3 Å². The Balaban J connectivity index is 3.02. The van der Waals surface area contributed by atoms with E-state index in [-0.39, 0.29) is 10.7 Å². The second-order valence-electron chi connectivity index (χ2n) is 3.44. The molecule has 0 bridgehead atoms. The molecule has 0 amide bonds. The van der Waals surface area contributed by atoms with Gasteiger partial charge < -0.3 is 5.11 Å². The largest absolute Gasteiger partial charge is 0.414 e. The molecule has 1 atom stereocenters. The monoisotopic (exact) mass is 254 g/mol. The topological polar surface area (TPSA) is 46.0 Å². The third-order valence-corrected chi connectivity index (χ3v) is 2.61. The molecule has 1 rings (SSSR count). The summed E-state index contributed by atoms with van der Waals surface area (Å²) in [5.74, 6) is 0. The summed E-state index contributed by atoms with van der Waals surface area (Å²) in [5, 5.41) is 16.0. The number of nitrogens with zero attached hydrogens (tertiary/aromatic N) is 2. The van der Waals surface area contributed by atoms with Gasteiger partial charge >= 0.3 is 6.18 Å². The van der Waals surface area contributed by atoms with Crippen LogP contribution in [0.1, 0.15) is 16.8 Å². The van der Waals surface area contributed by atoms with Gasteiger partial charge in [-0.05, 0) is 25.0 Å². The number of aromatic nitrogens is 2. The van der Waals surface area contributed by atoms with Crippen LogP contribution in [-0.2, 0) is 6.42 Å². The fourth-order valence-electron chi connectivity index (χ4n) is 1.17. The molecule has 16 heavy (non-hydrogen) atoms. The first-order chi connectivity index (χ1) is 7.23. The minimum Gasteiger partial charge on any atom is -0.383 e. The van der Waals surface area contributed by atoms with E-state index in [0.29, 0.717) is 11.3 Å². The Kier molecular flexibility index (Phi) is 3.75. The summed E-state index contributed by atoms with van der Waals surface area (Å²) >= 11 is 5.64. The Labute approximate surface area is 95.3 Å². The molecule has 1 heterocycles. The van der Waals surface area contributed by atoms with E-state index in [9.17, 15) is 13.2 Å². The van der Waals surface area contributed by atoms with E-state index < -0.39 is 18.7 Å². The number of hydrogen-bond donors (Lipinski definition) is 1. The van der Waals surface area contributed by atoms with Crippen LogP contribution in [-0.4, -0.2) is 27.6 Å². The Hall–Kier alpha value is -0.880. The van der Waals surface area contributed by atoms with Gasteiger partial charge in [-0.3, -0.25) is 0 Å². The molecular weight excluding hydrogens is 245 g/mol. The van der Waals surface area contributed by atoms with Crippen LogP contribution in [0.4, 0.5) is 13.2 Å². The summed E-state index contributed by atoms with van der Waals surface area (Å²) in [7, 11) is 0. The molecule has 0 aliphatic carbocycles. The van der Waals surface area contributed by atoms with Crippen LogP contribution in [0.25, 0.3) is 0 Å². The number of hydrogen-bond acceptors (Lipinski definition) is 3. The van der Waals surface area contributed by atoms with Crippen molar-refractivity contribution in [1.29, 1.82) is 0 Å². The van der Waals surface area contributed by atoms with E-state index in [2.05, 4.69) is 10.2 Å². The van der Waals surface area contributed by atoms with Gasteiger partial charge in [-0.15, -0.1) is 5.10 Å². The third kappa shape index (κ3) is 2.82. The summed E-state index contributed by atoms with van der Waals surface area (Å²) in [4.78, 5) is 0. The van der Waals surface area contributed by atoms with Crippen molar-refractivity contribution in [2.75, 3.05) is 0 Å². The van der Waals surface area contributed by atoms with Gasteiger partial charge in [-0.1, -0.05) is 11.6 Å². The molecule has 0 aliphatic heterocycles. The van der Waals surface area contributed by atoms with E-state index in [1.54, 1.807) is 13.8 Å². The Morgan fingerprint density at radius 3 is 2.38 bits per heavy atom. The van der Waals surface area contributed by atoms with Crippen LogP contribution < -0.4 is 0 Å². The summed E-state index contributed by atoms with van der Waals surface area (Å²) in [6, 6.07) is 0. The van der Waals surface area contributed by atoms with Gasteiger partial charge in [0.2, 0.25) is 0 Å². The molecule has 0 radical (unpaired) electrons. The highest BCUT2D eigenvalue weighted by molar-refractivity contribution is 6.30. The zero-order valence-corrected chi connectivity index (χ0v) is 9.39. The van der Waals surface area contributed by atoms with E-state index >= 15 is 0 Å². The van der Waals surface area contributed by atoms with Crippen LogP contribution >= 0.6 is 11.6 Å². The quantitative estimate of drug-likeness (QED) is 0.880. The number of alkyl halides is 3. The lowest BCUT2D eigenvalue weighted by Crippen LogP contribution is -2.31. The first kappa shape index (κ1) is 13.2. The van der Waals surface area contributed by atoms with Crippen LogP contribution in [0.5, 0.6) is 0 Å². The predicted molar refractivity (Wildman–Crippen MR) is 52.3 cm³/mol. The third-order valence-electron chi connectivity index (χ3n) is 2.31. The normalized spacial score (nSPS) is 13.9. The Morgan fingerprint density at radius 1 is 1.31 bits per heavy atom. The smallest absolute Gasteiger partial charge is 0.383 e. The maximum absolute atomic E-state index is 12.2. The maximum Gasteiger partial charge on any atom is 0.414 e. The number of aryl methyl sites for hydroxylation is 1. The van der Waals surface area contributed by atoms with Gasteiger partial charge in [0.15, 0.2) is 11.3 Å². The van der Waals surface area contributed by atoms with Crippen molar-refractivity contribution in [3.63, 3.8) is 0 Å². The fourth-order valence-corrected chi connectivity index (χ4v) is 1.43. The van der Waals surface area contributed by atoms with Gasteiger partial charge in [0.1, 0.15) is 0 Å². The predicted octanol–water partition coefficient (Wildman–Crippen LogP) is 2.21. The van der Waals surface area contributed by atoms with Crippen LogP contribution in [0.15, 0.2) is 0 Å². The average molecular weight is 255 g/mol. The molecule has 3 nitrogen and oxygen atoms in total. The summed E-state index contributed by atoms with van der Waals surface area (Å²) in [6.07, 6.45) is -7.70. The molecule has 0 fully saturated rings. The lowest BCUT2D eigenvalue weighted by atomic mass is 10.0. The van der Waals surface area contributed by atoms with E-state index in [1.165, 1.54) is 0 Å². The minimum atomic E-state index is -4.66. The number of rotatable bonds is 2. The molecule has 0 aromatic carbocycles. The number of halogens is 4. The van der Waals surface area contributed by atoms with Gasteiger partial charge in [-0.25, -0.2) is 0 Å². The summed E-state index contributed by atoms with van der Waals surface area (Å²) in [6.45, 7) is 3.20. The molecule has 1 unspecified atom stereocenters. The second-order valence-corrected chi connectivity index (χ2v) is 3.80. The highest BCUT2D eigenvalue weighted by atomic mass is 35.5. The molecule has 0 saturated carbocycles. The minimum absolute atomic E-state index is 0.105. The summed E-state index contributed by atoms with van der Waals surface area (Å²) < 4.78 is 36.5. The number of aliphatic hydroxyl groups excluding tert-OH is 1. The molecule has 1 aromatic heterocycles. The Morgan fingerprint density at radius 2 is 1.88 bits per heavy atom. The molecule has 0 saturated heterocycles. The average Bonchev–Trinajstić information content (AvgIpc) is 2.17. The first-order valence-electron chi connectivity index (χ1n) is 4.46. The molecular formula is C9H10ClF3N2O. The molecule has 1 N–H and O–H groups in total. The van der Waals surface area contributed by atoms with Crippen molar-refractivity contribution in [2.24, 2.45) is 0 Å². The standard InChI is InChI=1S/C9H10ClF3N2O/c1-4-5(2)14-15-8(10)6(4)3-7(16)9(11,12)13/h7,16H,3H2,1-2H3. The second kappa shape index (κ2) is 4.55. The fraction of sp³-hybridized carbons (Fsp3) is 0.556. The Bertz CT molecular complexity index is 395. The van der Waals surface area contributed by atoms with E-state index in [4.69, 9.17) is 16.7 Å². The van der Waals surface area contributed by atoms with Crippen molar-refractivity contribution >= 4 is 11.6 Å². The maximum atomic E-state index is 12.2. The SMILES string of the molecule is Cc1nnc(Cl)c(CC(O)C(F)(F)F)c1C. The first-order valence-corrected chi connectivity index (χ1v) is 4.84. The zero-order chi connectivity index (χ0) is 12.5. The highest BCUT2D eigenvalue weighted by Gasteiger charge is 2.38. The molecule has 7 heteroatoms. The van der Waals surface area contributed by atoms with Gasteiger partial charge in [0.05, 0.1) is 5.69 Å². The summed E-state index contributed by atoms with van der Waals surface area (Å²) in [5.41, 5.74) is 1.19. The highest BCUT2D eigenvalue weighted by Crippen LogP contribution is 2.27. The lowest BCUT2D eigenvalue weighted by Gasteiger charge is -2.16. The number of aliphatic hydroxyl groups is 1. The van der Waals surface area contributed by atoms with E-state index in [1.807, 2.05) is 0 Å². The van der Waals surface area contributed by atoms with Crippen LogP contribution in [0.3, 0.4) is 0 Å². The van der Waals surface area contributed by atoms with E-state index in [0.717, 1.165) is 0 Å². The van der Waals surface area contributed by atoms with Crippen molar-refractivity contribution in [3.8, 4) is 0 Å².